The van der Waals surface area contributed by atoms with Gasteiger partial charge in [0.15, 0.2) is 6.61 Å². The number of hydrogen-bond donors (Lipinski definition) is 1. The monoisotopic (exact) mass is 390 g/mol. The topological polar surface area (TPSA) is 88.8 Å². The molecule has 2 aromatic rings. The van der Waals surface area contributed by atoms with Crippen LogP contribution in [0.2, 0.25) is 5.02 Å². The zero-order chi connectivity index (χ0) is 19.2. The summed E-state index contributed by atoms with van der Waals surface area (Å²) in [5.41, 5.74) is 0.179. The van der Waals surface area contributed by atoms with Gasteiger partial charge in [-0.1, -0.05) is 17.7 Å². The maximum absolute atomic E-state index is 12.1. The van der Waals surface area contributed by atoms with Crippen molar-refractivity contribution in [3.8, 4) is 5.75 Å². The molecule has 0 atom stereocenters. The van der Waals surface area contributed by atoms with Crippen LogP contribution in [0.5, 0.6) is 5.75 Å². The van der Waals surface area contributed by atoms with Gasteiger partial charge in [-0.2, -0.15) is 0 Å². The Balaban J connectivity index is 1.52. The number of benzene rings is 1. The molecule has 1 aromatic heterocycles. The number of amides is 1. The predicted octanol–water partition coefficient (Wildman–Crippen LogP) is 2.48. The van der Waals surface area contributed by atoms with Crippen molar-refractivity contribution in [3.63, 3.8) is 0 Å². The first-order chi connectivity index (χ1) is 13.0. The summed E-state index contributed by atoms with van der Waals surface area (Å²) < 4.78 is 10.7. The molecule has 1 aliphatic heterocycles. The van der Waals surface area contributed by atoms with Gasteiger partial charge in [0.2, 0.25) is 11.2 Å². The Morgan fingerprint density at radius 2 is 2.00 bits per heavy atom. The van der Waals surface area contributed by atoms with E-state index in [2.05, 4.69) is 10.2 Å². The number of likely N-dealkylation sites (tertiary alicyclic amines) is 1. The fourth-order valence-corrected chi connectivity index (χ4v) is 2.90. The molecule has 0 saturated carbocycles. The Bertz CT molecular complexity index is 886. The van der Waals surface area contributed by atoms with Gasteiger partial charge in [0.1, 0.15) is 17.8 Å². The number of rotatable bonds is 6. The second-order valence-electron chi connectivity index (χ2n) is 6.24. The van der Waals surface area contributed by atoms with Crippen LogP contribution in [0, 0.1) is 0 Å². The van der Waals surface area contributed by atoms with Crippen molar-refractivity contribution >= 4 is 29.0 Å². The third kappa shape index (κ3) is 5.67. The number of ketones is 1. The summed E-state index contributed by atoms with van der Waals surface area (Å²) in [5, 5.41) is 3.13. The van der Waals surface area contributed by atoms with Crippen molar-refractivity contribution < 1.29 is 18.7 Å². The van der Waals surface area contributed by atoms with E-state index in [1.54, 1.807) is 24.3 Å². The van der Waals surface area contributed by atoms with Gasteiger partial charge in [-0.05, 0) is 18.2 Å². The number of nitrogens with zero attached hydrogens (tertiary/aromatic N) is 1. The quantitative estimate of drug-likeness (QED) is 0.815. The molecule has 8 heteroatoms. The highest BCUT2D eigenvalue weighted by Gasteiger charge is 2.17. The van der Waals surface area contributed by atoms with Crippen molar-refractivity contribution in [1.82, 2.24) is 4.90 Å². The number of halogens is 1. The first kappa shape index (κ1) is 19.1. The zero-order valence-electron chi connectivity index (χ0n) is 14.6. The number of carbonyl (C=O) groups is 2. The third-order valence-corrected chi connectivity index (χ3v) is 4.35. The molecule has 1 amide bonds. The molecule has 3 rings (SSSR count). The number of nitrogens with one attached hydrogen (secondary N) is 1. The predicted molar refractivity (Wildman–Crippen MR) is 100 cm³/mol. The van der Waals surface area contributed by atoms with E-state index in [1.807, 2.05) is 0 Å². The molecule has 1 N–H and O–H groups in total. The van der Waals surface area contributed by atoms with Gasteiger partial charge in [-0.25, -0.2) is 0 Å². The summed E-state index contributed by atoms with van der Waals surface area (Å²) in [6.07, 6.45) is 2.25. The van der Waals surface area contributed by atoms with E-state index >= 15 is 0 Å². The highest BCUT2D eigenvalue weighted by Crippen LogP contribution is 2.15. The molecule has 0 radical (unpaired) electrons. The Kier molecular flexibility index (Phi) is 6.26. The van der Waals surface area contributed by atoms with Crippen LogP contribution in [-0.4, -0.2) is 36.3 Å². The number of ether oxygens (including phenoxy) is 1. The second kappa shape index (κ2) is 8.83. The van der Waals surface area contributed by atoms with Crippen LogP contribution < -0.4 is 15.5 Å². The van der Waals surface area contributed by atoms with Crippen molar-refractivity contribution in [2.45, 2.75) is 19.4 Å². The smallest absolute Gasteiger partial charge is 0.262 e. The molecular formula is C19H19ClN2O5. The molecule has 0 spiro atoms. The van der Waals surface area contributed by atoms with E-state index in [0.29, 0.717) is 48.9 Å². The molecule has 142 valence electrons. The number of anilines is 1. The van der Waals surface area contributed by atoms with Gasteiger partial charge in [0, 0.05) is 42.7 Å². The molecule has 1 aliphatic rings. The van der Waals surface area contributed by atoms with Crippen LogP contribution in [0.1, 0.15) is 18.6 Å². The average Bonchev–Trinajstić information content (AvgIpc) is 2.63. The minimum atomic E-state index is -0.418. The van der Waals surface area contributed by atoms with Crippen molar-refractivity contribution in [2.75, 3.05) is 25.0 Å². The lowest BCUT2D eigenvalue weighted by atomic mass is 10.1. The highest BCUT2D eigenvalue weighted by atomic mass is 35.5. The average molecular weight is 391 g/mol. The summed E-state index contributed by atoms with van der Waals surface area (Å²) >= 11 is 5.86. The minimum Gasteiger partial charge on any atom is -0.477 e. The lowest BCUT2D eigenvalue weighted by molar-refractivity contribution is -0.121. The SMILES string of the molecule is O=C1CCN(Cc2cc(=O)c(OCC(=O)Nc3cccc(Cl)c3)co2)CC1. The molecular weight excluding hydrogens is 372 g/mol. The summed E-state index contributed by atoms with van der Waals surface area (Å²) in [4.78, 5) is 37.4. The number of piperidine rings is 1. The Labute approximate surface area is 160 Å². The molecule has 0 bridgehead atoms. The van der Waals surface area contributed by atoms with Crippen LogP contribution >= 0.6 is 11.6 Å². The molecule has 1 saturated heterocycles. The molecule has 27 heavy (non-hydrogen) atoms. The van der Waals surface area contributed by atoms with E-state index in [-0.39, 0.29) is 23.6 Å². The van der Waals surface area contributed by atoms with Crippen LogP contribution in [0.25, 0.3) is 0 Å². The maximum atomic E-state index is 12.1. The second-order valence-corrected chi connectivity index (χ2v) is 6.67. The van der Waals surface area contributed by atoms with Crippen LogP contribution in [0.4, 0.5) is 5.69 Å². The Morgan fingerprint density at radius 1 is 1.22 bits per heavy atom. The van der Waals surface area contributed by atoms with E-state index in [1.165, 1.54) is 12.3 Å². The lowest BCUT2D eigenvalue weighted by Crippen LogP contribution is -2.33. The van der Waals surface area contributed by atoms with Gasteiger partial charge in [-0.3, -0.25) is 19.3 Å². The Morgan fingerprint density at radius 3 is 2.70 bits per heavy atom. The molecule has 1 fully saturated rings. The first-order valence-electron chi connectivity index (χ1n) is 8.53. The summed E-state index contributed by atoms with van der Waals surface area (Å²) in [6.45, 7) is 1.44. The van der Waals surface area contributed by atoms with Gasteiger partial charge in [0.05, 0.1) is 6.54 Å². The van der Waals surface area contributed by atoms with E-state index < -0.39 is 5.91 Å². The third-order valence-electron chi connectivity index (χ3n) is 4.11. The van der Waals surface area contributed by atoms with Crippen molar-refractivity contribution in [1.29, 1.82) is 0 Å². The number of carbonyl (C=O) groups excluding carboxylic acids is 2. The summed E-state index contributed by atoms with van der Waals surface area (Å²) in [6, 6.07) is 8.06. The number of hydrogen-bond acceptors (Lipinski definition) is 6. The normalized spacial score (nSPS) is 14.8. The van der Waals surface area contributed by atoms with E-state index in [9.17, 15) is 14.4 Å². The maximum Gasteiger partial charge on any atom is 0.262 e. The van der Waals surface area contributed by atoms with Crippen LogP contribution in [0.3, 0.4) is 0 Å². The van der Waals surface area contributed by atoms with Gasteiger partial charge in [-0.15, -0.1) is 0 Å². The molecule has 0 aliphatic carbocycles. The minimum absolute atomic E-state index is 0.0335. The van der Waals surface area contributed by atoms with Crippen molar-refractivity contribution in [3.05, 3.63) is 57.6 Å². The van der Waals surface area contributed by atoms with Gasteiger partial charge >= 0.3 is 0 Å². The molecule has 0 unspecified atom stereocenters. The highest BCUT2D eigenvalue weighted by molar-refractivity contribution is 6.30. The van der Waals surface area contributed by atoms with Gasteiger partial charge < -0.3 is 14.5 Å². The lowest BCUT2D eigenvalue weighted by Gasteiger charge is -2.24. The molecule has 7 nitrogen and oxygen atoms in total. The Hall–Kier alpha value is -2.64. The van der Waals surface area contributed by atoms with Gasteiger partial charge in [0.25, 0.3) is 5.91 Å². The van der Waals surface area contributed by atoms with Crippen molar-refractivity contribution in [2.24, 2.45) is 0 Å². The largest absolute Gasteiger partial charge is 0.477 e. The van der Waals surface area contributed by atoms with Crippen LogP contribution in [0.15, 0.2) is 45.8 Å². The first-order valence-corrected chi connectivity index (χ1v) is 8.91. The molecule has 2 heterocycles. The van der Waals surface area contributed by atoms with E-state index in [0.717, 1.165) is 0 Å². The summed E-state index contributed by atoms with van der Waals surface area (Å²) in [7, 11) is 0. The summed E-state index contributed by atoms with van der Waals surface area (Å²) in [5.74, 6) is 0.296. The fraction of sp³-hybridized carbons (Fsp3) is 0.316. The fourth-order valence-electron chi connectivity index (χ4n) is 2.71. The van der Waals surface area contributed by atoms with Crippen LogP contribution in [-0.2, 0) is 16.1 Å². The van der Waals surface area contributed by atoms with E-state index in [4.69, 9.17) is 20.8 Å². The zero-order valence-corrected chi connectivity index (χ0v) is 15.3. The standard InChI is InChI=1S/C19H19ClN2O5/c20-13-2-1-3-14(8-13)21-19(25)12-27-18-11-26-16(9-17(18)24)10-22-6-4-15(23)5-7-22/h1-3,8-9,11H,4-7,10,12H2,(H,21,25). The number of Topliss-reactive ketones (excluding diaryl/α,β-unsaturated/α-hetero) is 1. The molecule has 1 aromatic carbocycles.